The van der Waals surface area contributed by atoms with Crippen LogP contribution in [-0.4, -0.2) is 15.1 Å². The van der Waals surface area contributed by atoms with Crippen LogP contribution in [0.25, 0.3) is 0 Å². The summed E-state index contributed by atoms with van der Waals surface area (Å²) in [5.41, 5.74) is -0.249. The van der Waals surface area contributed by atoms with Crippen molar-refractivity contribution >= 4 is 5.69 Å². The van der Waals surface area contributed by atoms with Gasteiger partial charge in [-0.1, -0.05) is 0 Å². The molecule has 67 valence electrons. The number of phenols is 2. The molecule has 13 heavy (non-hydrogen) atoms. The van der Waals surface area contributed by atoms with Crippen LogP contribution in [0.5, 0.6) is 11.5 Å². The minimum atomic E-state index is -0.679. The fourth-order valence-electron chi connectivity index (χ4n) is 0.779. The molecule has 1 aromatic carbocycles. The van der Waals surface area contributed by atoms with Gasteiger partial charge in [0.1, 0.15) is 11.5 Å². The van der Waals surface area contributed by atoms with Gasteiger partial charge in [0.05, 0.1) is 0 Å². The average Bonchev–Trinajstić information content (AvgIpc) is 1.96. The first-order valence-electron chi connectivity index (χ1n) is 3.04. The summed E-state index contributed by atoms with van der Waals surface area (Å²) < 4.78 is 0. The van der Waals surface area contributed by atoms with Gasteiger partial charge in [0.25, 0.3) is 0 Å². The minimum Gasteiger partial charge on any atom is -0.517 e. The van der Waals surface area contributed by atoms with Crippen molar-refractivity contribution in [1.29, 1.82) is 0 Å². The summed E-state index contributed by atoms with van der Waals surface area (Å²) in [6.45, 7) is 3.33. The number of nitrogens with zero attached hydrogens (tertiary/aromatic N) is 1. The van der Waals surface area contributed by atoms with Crippen molar-refractivity contribution in [2.24, 2.45) is 0 Å². The van der Waals surface area contributed by atoms with Crippen LogP contribution in [-0.2, 0) is 32.7 Å². The number of phenolic OH excluding ortho intramolecular Hbond substituents is 2. The largest absolute Gasteiger partial charge is 0.517 e. The summed E-state index contributed by atoms with van der Waals surface area (Å²) in [7, 11) is 0. The quantitative estimate of drug-likeness (QED) is 0.342. The first-order chi connectivity index (χ1) is 5.52. The van der Waals surface area contributed by atoms with Gasteiger partial charge in [-0.25, -0.2) is 0 Å². The van der Waals surface area contributed by atoms with E-state index in [0.717, 1.165) is 12.1 Å². The number of nitro benzene ring substituents is 1. The van der Waals surface area contributed by atoms with Gasteiger partial charge in [0, 0.05) is 43.7 Å². The number of hydrogen-bond donors (Lipinski definition) is 2. The van der Waals surface area contributed by atoms with Crippen molar-refractivity contribution in [3.05, 3.63) is 34.7 Å². The molecule has 0 aliphatic rings. The van der Waals surface area contributed by atoms with Crippen molar-refractivity contribution in [3.8, 4) is 11.5 Å². The SMILES string of the molecule is [CH2-]c1cc(O)c(O)cc1[N+](=O)[O-].[Y]. The molecule has 0 fully saturated rings. The zero-order chi connectivity index (χ0) is 9.30. The third-order valence-electron chi connectivity index (χ3n) is 1.37. The molecule has 0 aliphatic heterocycles. The van der Waals surface area contributed by atoms with Crippen LogP contribution in [0.1, 0.15) is 5.56 Å². The maximum atomic E-state index is 10.3. The van der Waals surface area contributed by atoms with E-state index in [1.807, 2.05) is 0 Å². The third kappa shape index (κ3) is 2.57. The van der Waals surface area contributed by atoms with E-state index in [4.69, 9.17) is 10.2 Å². The molecule has 0 aromatic heterocycles. The van der Waals surface area contributed by atoms with Crippen LogP contribution in [0, 0.1) is 17.0 Å². The van der Waals surface area contributed by atoms with Crippen molar-refractivity contribution in [2.45, 2.75) is 0 Å². The Balaban J connectivity index is 0.00000144. The summed E-state index contributed by atoms with van der Waals surface area (Å²) in [4.78, 5) is 9.58. The molecule has 0 bridgehead atoms. The molecule has 0 saturated heterocycles. The smallest absolute Gasteiger partial charge is 0.174 e. The number of hydrogen-bond acceptors (Lipinski definition) is 4. The van der Waals surface area contributed by atoms with E-state index in [0.29, 0.717) is 0 Å². The number of benzene rings is 1. The first-order valence-corrected chi connectivity index (χ1v) is 3.04. The van der Waals surface area contributed by atoms with Gasteiger partial charge in [0.2, 0.25) is 0 Å². The summed E-state index contributed by atoms with van der Waals surface area (Å²) in [6, 6.07) is 1.89. The van der Waals surface area contributed by atoms with Gasteiger partial charge in [-0.3, -0.25) is 10.1 Å². The number of rotatable bonds is 1. The van der Waals surface area contributed by atoms with Crippen molar-refractivity contribution in [1.82, 2.24) is 0 Å². The third-order valence-corrected chi connectivity index (χ3v) is 1.37. The Labute approximate surface area is 99.4 Å². The van der Waals surface area contributed by atoms with Crippen LogP contribution in [0.4, 0.5) is 5.69 Å². The zero-order valence-electron chi connectivity index (χ0n) is 6.60. The fraction of sp³-hybridized carbons (Fsp3) is 0. The Morgan fingerprint density at radius 2 is 1.77 bits per heavy atom. The zero-order valence-corrected chi connectivity index (χ0v) is 9.44. The summed E-state index contributed by atoms with van der Waals surface area (Å²) in [6.07, 6.45) is 0. The van der Waals surface area contributed by atoms with E-state index in [-0.39, 0.29) is 44.0 Å². The van der Waals surface area contributed by atoms with Gasteiger partial charge in [-0.15, -0.1) is 11.6 Å². The Kier molecular flexibility index (Phi) is 4.16. The Hall–Kier alpha value is -0.806. The molecular formula is C7H6NO4Y-. The molecule has 6 heteroatoms. The van der Waals surface area contributed by atoms with Gasteiger partial charge < -0.3 is 10.2 Å². The second kappa shape index (κ2) is 4.44. The van der Waals surface area contributed by atoms with Gasteiger partial charge >= 0.3 is 0 Å². The van der Waals surface area contributed by atoms with Gasteiger partial charge in [0.15, 0.2) is 5.69 Å². The average molecular weight is 257 g/mol. The van der Waals surface area contributed by atoms with E-state index >= 15 is 0 Å². The second-order valence-corrected chi connectivity index (χ2v) is 2.23. The number of aromatic hydroxyl groups is 2. The van der Waals surface area contributed by atoms with Crippen LogP contribution in [0.15, 0.2) is 12.1 Å². The predicted molar refractivity (Wildman–Crippen MR) is 40.9 cm³/mol. The maximum absolute atomic E-state index is 10.3. The second-order valence-electron chi connectivity index (χ2n) is 2.23. The first kappa shape index (κ1) is 12.2. The summed E-state index contributed by atoms with van der Waals surface area (Å²) >= 11 is 0. The van der Waals surface area contributed by atoms with Crippen molar-refractivity contribution < 1.29 is 47.8 Å². The maximum Gasteiger partial charge on any atom is 0.174 e. The van der Waals surface area contributed by atoms with Crippen LogP contribution < -0.4 is 0 Å². The summed E-state index contributed by atoms with van der Waals surface area (Å²) in [5.74, 6) is -0.931. The van der Waals surface area contributed by atoms with Crippen LogP contribution in [0.2, 0.25) is 0 Å². The molecule has 0 unspecified atom stereocenters. The molecule has 0 atom stereocenters. The molecule has 0 heterocycles. The topological polar surface area (TPSA) is 83.6 Å². The monoisotopic (exact) mass is 257 g/mol. The van der Waals surface area contributed by atoms with E-state index in [2.05, 4.69) is 6.92 Å². The van der Waals surface area contributed by atoms with E-state index in [9.17, 15) is 10.1 Å². The molecule has 0 amide bonds. The van der Waals surface area contributed by atoms with Crippen LogP contribution >= 0.6 is 0 Å². The molecule has 0 saturated carbocycles. The Morgan fingerprint density at radius 1 is 1.31 bits per heavy atom. The molecule has 5 nitrogen and oxygen atoms in total. The Morgan fingerprint density at radius 3 is 2.23 bits per heavy atom. The molecule has 0 aliphatic carbocycles. The molecule has 2 N–H and O–H groups in total. The van der Waals surface area contributed by atoms with E-state index in [1.165, 1.54) is 0 Å². The molecule has 1 rings (SSSR count). The number of nitro groups is 1. The Bertz CT molecular complexity index is 340. The molecule has 1 aromatic rings. The molecule has 0 spiro atoms. The standard InChI is InChI=1S/C7H6NO4.Y/c1-4-2-6(9)7(10)3-5(4)8(11)12;/h2-3,9-10H,1H2;/q-1;. The van der Waals surface area contributed by atoms with Crippen LogP contribution in [0.3, 0.4) is 0 Å². The predicted octanol–water partition coefficient (Wildman–Crippen LogP) is 1.19. The molecular weight excluding hydrogens is 251 g/mol. The van der Waals surface area contributed by atoms with E-state index in [1.54, 1.807) is 0 Å². The fourth-order valence-corrected chi connectivity index (χ4v) is 0.779. The van der Waals surface area contributed by atoms with Gasteiger partial charge in [-0.05, 0) is 0 Å². The normalized spacial score (nSPS) is 8.92. The molecule has 1 radical (unpaired) electrons. The van der Waals surface area contributed by atoms with Gasteiger partial charge in [-0.2, -0.15) is 6.92 Å². The summed E-state index contributed by atoms with van der Waals surface area (Å²) in [5, 5.41) is 28.0. The van der Waals surface area contributed by atoms with E-state index < -0.39 is 16.4 Å². The minimum absolute atomic E-state index is 0. The van der Waals surface area contributed by atoms with Crippen molar-refractivity contribution in [3.63, 3.8) is 0 Å². The van der Waals surface area contributed by atoms with Crippen molar-refractivity contribution in [2.75, 3.05) is 0 Å².